The van der Waals surface area contributed by atoms with E-state index >= 15 is 0 Å². The van der Waals surface area contributed by atoms with E-state index in [1.807, 2.05) is 6.92 Å². The number of fused-ring (bicyclic) bond motifs is 2. The molecule has 0 spiro atoms. The lowest BCUT2D eigenvalue weighted by Crippen LogP contribution is -2.37. The van der Waals surface area contributed by atoms with Crippen molar-refractivity contribution < 1.29 is 17.5 Å². The van der Waals surface area contributed by atoms with Gasteiger partial charge >= 0.3 is 0 Å². The van der Waals surface area contributed by atoms with Crippen molar-refractivity contribution in [2.45, 2.75) is 43.2 Å². The SMILES string of the molecule is Cc1ccc(S(=O)(=O)O[C@@H]2C[C@@H]3C[C@@H]2[C@@H]([N+](=O)[O-])C3)cc1. The molecule has 6 nitrogen and oxygen atoms in total. The number of nitrogens with zero attached hydrogens (tertiary/aromatic N) is 1. The van der Waals surface area contributed by atoms with Gasteiger partial charge in [-0.05, 0) is 37.8 Å². The Kier molecular flexibility index (Phi) is 3.49. The fraction of sp³-hybridized carbons (Fsp3) is 0.571. The third-order valence-electron chi connectivity index (χ3n) is 4.55. The van der Waals surface area contributed by atoms with E-state index in [9.17, 15) is 18.5 Å². The summed E-state index contributed by atoms with van der Waals surface area (Å²) < 4.78 is 29.8. The first-order valence-electron chi connectivity index (χ1n) is 7.00. The van der Waals surface area contributed by atoms with Crippen molar-refractivity contribution in [2.24, 2.45) is 11.8 Å². The van der Waals surface area contributed by atoms with E-state index in [1.54, 1.807) is 12.1 Å². The van der Waals surface area contributed by atoms with Gasteiger partial charge in [0.15, 0.2) is 0 Å². The van der Waals surface area contributed by atoms with Crippen LogP contribution < -0.4 is 0 Å². The van der Waals surface area contributed by atoms with Crippen LogP contribution >= 0.6 is 0 Å². The molecule has 2 aliphatic carbocycles. The Balaban J connectivity index is 1.77. The minimum Gasteiger partial charge on any atom is -0.264 e. The van der Waals surface area contributed by atoms with Crippen molar-refractivity contribution in [3.05, 3.63) is 39.9 Å². The van der Waals surface area contributed by atoms with Gasteiger partial charge in [-0.15, -0.1) is 0 Å². The summed E-state index contributed by atoms with van der Waals surface area (Å²) in [4.78, 5) is 10.8. The smallest absolute Gasteiger partial charge is 0.264 e. The molecule has 0 unspecified atom stereocenters. The summed E-state index contributed by atoms with van der Waals surface area (Å²) in [6, 6.07) is 5.75. The predicted octanol–water partition coefficient (Wildman–Crippen LogP) is 2.14. The zero-order chi connectivity index (χ0) is 15.2. The van der Waals surface area contributed by atoms with Crippen molar-refractivity contribution in [3.63, 3.8) is 0 Å². The summed E-state index contributed by atoms with van der Waals surface area (Å²) >= 11 is 0. The van der Waals surface area contributed by atoms with E-state index in [0.717, 1.165) is 5.56 Å². The third-order valence-corrected chi connectivity index (χ3v) is 5.90. The van der Waals surface area contributed by atoms with Gasteiger partial charge in [0.25, 0.3) is 10.1 Å². The predicted molar refractivity (Wildman–Crippen MR) is 74.9 cm³/mol. The molecule has 114 valence electrons. The normalized spacial score (nSPS) is 31.5. The molecule has 2 fully saturated rings. The first kappa shape index (κ1) is 14.5. The van der Waals surface area contributed by atoms with E-state index in [-0.39, 0.29) is 21.7 Å². The summed E-state index contributed by atoms with van der Waals surface area (Å²) in [6.07, 6.45) is 1.27. The van der Waals surface area contributed by atoms with Gasteiger partial charge in [0.2, 0.25) is 6.04 Å². The maximum absolute atomic E-state index is 12.3. The lowest BCUT2D eigenvalue weighted by atomic mass is 9.93. The minimum atomic E-state index is -3.85. The molecule has 1 aromatic rings. The molecular formula is C14H17NO5S. The maximum Gasteiger partial charge on any atom is 0.297 e. The van der Waals surface area contributed by atoms with Crippen molar-refractivity contribution in [3.8, 4) is 0 Å². The monoisotopic (exact) mass is 311 g/mol. The number of rotatable bonds is 4. The number of hydrogen-bond donors (Lipinski definition) is 0. The van der Waals surface area contributed by atoms with Crippen LogP contribution in [-0.2, 0) is 14.3 Å². The molecule has 4 atom stereocenters. The molecule has 1 aromatic carbocycles. The van der Waals surface area contributed by atoms with E-state index in [4.69, 9.17) is 4.18 Å². The number of hydrogen-bond acceptors (Lipinski definition) is 5. The molecule has 0 saturated heterocycles. The number of aryl methyl sites for hydroxylation is 1. The van der Waals surface area contributed by atoms with Crippen molar-refractivity contribution in [1.82, 2.24) is 0 Å². The molecule has 21 heavy (non-hydrogen) atoms. The van der Waals surface area contributed by atoms with Crippen LogP contribution in [0.2, 0.25) is 0 Å². The zero-order valence-electron chi connectivity index (χ0n) is 11.6. The van der Waals surface area contributed by atoms with Gasteiger partial charge in [0.1, 0.15) is 0 Å². The maximum atomic E-state index is 12.3. The Morgan fingerprint density at radius 3 is 2.43 bits per heavy atom. The highest BCUT2D eigenvalue weighted by Gasteiger charge is 2.54. The molecule has 3 rings (SSSR count). The van der Waals surface area contributed by atoms with E-state index in [0.29, 0.717) is 19.3 Å². The second-order valence-corrected chi connectivity index (χ2v) is 7.56. The van der Waals surface area contributed by atoms with E-state index in [2.05, 4.69) is 0 Å². The van der Waals surface area contributed by atoms with Crippen LogP contribution in [-0.4, -0.2) is 25.5 Å². The summed E-state index contributed by atoms with van der Waals surface area (Å²) in [7, 11) is -3.85. The molecule has 0 heterocycles. The van der Waals surface area contributed by atoms with Gasteiger partial charge < -0.3 is 0 Å². The first-order chi connectivity index (χ1) is 9.87. The Morgan fingerprint density at radius 1 is 1.19 bits per heavy atom. The molecule has 0 N–H and O–H groups in total. The van der Waals surface area contributed by atoms with Gasteiger partial charge in [-0.25, -0.2) is 0 Å². The van der Waals surface area contributed by atoms with Gasteiger partial charge in [0, 0.05) is 11.3 Å². The lowest BCUT2D eigenvalue weighted by molar-refractivity contribution is -0.532. The zero-order valence-corrected chi connectivity index (χ0v) is 12.5. The topological polar surface area (TPSA) is 86.5 Å². The second-order valence-electron chi connectivity index (χ2n) is 5.99. The Labute approximate surface area is 123 Å². The summed E-state index contributed by atoms with van der Waals surface area (Å²) in [5.74, 6) is -0.0751. The molecule has 2 bridgehead atoms. The fourth-order valence-electron chi connectivity index (χ4n) is 3.53. The third kappa shape index (κ3) is 2.67. The van der Waals surface area contributed by atoms with Gasteiger partial charge in [-0.3, -0.25) is 14.3 Å². The molecule has 0 radical (unpaired) electrons. The van der Waals surface area contributed by atoms with Crippen molar-refractivity contribution >= 4 is 10.1 Å². The van der Waals surface area contributed by atoms with Crippen LogP contribution in [0, 0.1) is 28.9 Å². The van der Waals surface area contributed by atoms with Crippen LogP contribution in [0.5, 0.6) is 0 Å². The van der Waals surface area contributed by atoms with Crippen LogP contribution in [0.4, 0.5) is 0 Å². The van der Waals surface area contributed by atoms with Crippen LogP contribution in [0.25, 0.3) is 0 Å². The van der Waals surface area contributed by atoms with Crippen molar-refractivity contribution in [1.29, 1.82) is 0 Å². The summed E-state index contributed by atoms with van der Waals surface area (Å²) in [6.45, 7) is 1.87. The minimum absolute atomic E-state index is 0.105. The van der Waals surface area contributed by atoms with Gasteiger partial charge in [-0.2, -0.15) is 8.42 Å². The van der Waals surface area contributed by atoms with Crippen LogP contribution in [0.1, 0.15) is 24.8 Å². The van der Waals surface area contributed by atoms with Gasteiger partial charge in [-0.1, -0.05) is 17.7 Å². The average molecular weight is 311 g/mol. The number of benzene rings is 1. The fourth-order valence-corrected chi connectivity index (χ4v) is 4.65. The Morgan fingerprint density at radius 2 is 1.86 bits per heavy atom. The lowest BCUT2D eigenvalue weighted by Gasteiger charge is -2.24. The highest BCUT2D eigenvalue weighted by atomic mass is 32.2. The van der Waals surface area contributed by atoms with E-state index in [1.165, 1.54) is 12.1 Å². The van der Waals surface area contributed by atoms with Crippen molar-refractivity contribution in [2.75, 3.05) is 0 Å². The molecule has 0 aliphatic heterocycles. The quantitative estimate of drug-likeness (QED) is 0.483. The summed E-state index contributed by atoms with van der Waals surface area (Å²) in [5, 5.41) is 11.0. The Hall–Kier alpha value is -1.47. The largest absolute Gasteiger partial charge is 0.297 e. The first-order valence-corrected chi connectivity index (χ1v) is 8.41. The molecule has 2 aliphatic rings. The highest BCUT2D eigenvalue weighted by molar-refractivity contribution is 7.86. The average Bonchev–Trinajstić information content (AvgIpc) is 2.98. The standard InChI is InChI=1S/C14H17NO5S/c1-9-2-4-11(5-3-9)21(18,19)20-14-8-10-6-12(14)13(7-10)15(16)17/h2-5,10,12-14H,6-8H2,1H3/t10-,12-,13+,14-/m1/s1. The molecule has 0 aromatic heterocycles. The summed E-state index contributed by atoms with van der Waals surface area (Å²) in [5.41, 5.74) is 0.960. The Bertz CT molecular complexity index is 654. The molecule has 0 amide bonds. The molecule has 2 saturated carbocycles. The number of nitro groups is 1. The highest BCUT2D eigenvalue weighted by Crippen LogP contribution is 2.47. The van der Waals surface area contributed by atoms with Crippen LogP contribution in [0.3, 0.4) is 0 Å². The van der Waals surface area contributed by atoms with E-state index < -0.39 is 22.3 Å². The molecular weight excluding hydrogens is 294 g/mol. The second kappa shape index (κ2) is 5.06. The molecule has 7 heteroatoms. The van der Waals surface area contributed by atoms with Gasteiger partial charge in [0.05, 0.1) is 16.9 Å². The van der Waals surface area contributed by atoms with Crippen LogP contribution in [0.15, 0.2) is 29.2 Å².